The number of carbonyl (C=O) groups is 1. The monoisotopic (exact) mass is 588 g/mol. The second kappa shape index (κ2) is 13.7. The first-order valence-corrected chi connectivity index (χ1v) is 15.0. The molecule has 8 nitrogen and oxygen atoms in total. The van der Waals surface area contributed by atoms with E-state index in [0.29, 0.717) is 12.4 Å². The number of benzene rings is 3. The van der Waals surface area contributed by atoms with Gasteiger partial charge in [-0.2, -0.15) is 0 Å². The molecule has 0 N–H and O–H groups in total. The zero-order chi connectivity index (χ0) is 30.5. The Hall–Kier alpha value is -3.75. The van der Waals surface area contributed by atoms with Crippen LogP contribution in [0.2, 0.25) is 0 Å². The lowest BCUT2D eigenvalue weighted by molar-refractivity contribution is 0.101. The molecule has 1 aliphatic heterocycles. The quantitative estimate of drug-likeness (QED) is 0.252. The summed E-state index contributed by atoms with van der Waals surface area (Å²) in [6, 6.07) is 18.5. The third-order valence-corrected chi connectivity index (χ3v) is 9.16. The molecule has 3 aromatic carbocycles. The van der Waals surface area contributed by atoms with Gasteiger partial charge in [-0.1, -0.05) is 6.07 Å². The van der Waals surface area contributed by atoms with Gasteiger partial charge in [0.15, 0.2) is 28.8 Å². The van der Waals surface area contributed by atoms with Crippen molar-refractivity contribution in [3.05, 3.63) is 76.9 Å². The van der Waals surface area contributed by atoms with Crippen LogP contribution < -0.4 is 23.8 Å². The standard InChI is InChI=1S/C35H44N2O6/c1-23(38)24-7-10-26(11-8-24)37-17-15-36(16-18-37)14-13-27-28-20-33(42-5)34(43-6)21-29(28)35(30(27)22-39-2)25-9-12-31(40-3)32(19-25)41-4/h7-12,19-21,27,30,35H,13-18,22H2,1-6H3. The smallest absolute Gasteiger partial charge is 0.161 e. The zero-order valence-corrected chi connectivity index (χ0v) is 26.2. The summed E-state index contributed by atoms with van der Waals surface area (Å²) in [7, 11) is 8.50. The summed E-state index contributed by atoms with van der Waals surface area (Å²) in [6.07, 6.45) is 1.01. The van der Waals surface area contributed by atoms with Crippen LogP contribution in [-0.2, 0) is 4.74 Å². The van der Waals surface area contributed by atoms with Gasteiger partial charge in [-0.05, 0) is 91.0 Å². The van der Waals surface area contributed by atoms with Gasteiger partial charge in [0.05, 0.1) is 35.0 Å². The average Bonchev–Trinajstić information content (AvgIpc) is 3.34. The van der Waals surface area contributed by atoms with Crippen LogP contribution in [0, 0.1) is 5.92 Å². The van der Waals surface area contributed by atoms with Crippen molar-refractivity contribution in [2.24, 2.45) is 5.92 Å². The number of ether oxygens (including phenoxy) is 5. The Bertz CT molecular complexity index is 1400. The minimum atomic E-state index is 0.0982. The fourth-order valence-corrected chi connectivity index (χ4v) is 6.90. The highest BCUT2D eigenvalue weighted by Gasteiger charge is 2.42. The highest BCUT2D eigenvalue weighted by Crippen LogP contribution is 2.54. The molecule has 43 heavy (non-hydrogen) atoms. The number of hydrogen-bond donors (Lipinski definition) is 0. The maximum Gasteiger partial charge on any atom is 0.161 e. The number of rotatable bonds is 12. The third-order valence-electron chi connectivity index (χ3n) is 9.16. The Labute approximate surface area is 255 Å². The van der Waals surface area contributed by atoms with Crippen LogP contribution in [0.4, 0.5) is 5.69 Å². The average molecular weight is 589 g/mol. The second-order valence-corrected chi connectivity index (χ2v) is 11.4. The number of carbonyl (C=O) groups excluding carboxylic acids is 1. The van der Waals surface area contributed by atoms with Crippen molar-refractivity contribution < 1.29 is 28.5 Å². The summed E-state index contributed by atoms with van der Waals surface area (Å²) in [5.41, 5.74) is 5.64. The van der Waals surface area contributed by atoms with E-state index in [2.05, 4.69) is 46.2 Å². The first-order valence-electron chi connectivity index (χ1n) is 15.0. The lowest BCUT2D eigenvalue weighted by Gasteiger charge is -2.37. The SMILES string of the molecule is COCC1C(CCN2CCN(c3ccc(C(C)=O)cc3)CC2)c2cc(OC)c(OC)cc2C1c1ccc(OC)c(OC)c1. The summed E-state index contributed by atoms with van der Waals surface area (Å²) < 4.78 is 28.6. The highest BCUT2D eigenvalue weighted by atomic mass is 16.5. The predicted octanol–water partition coefficient (Wildman–Crippen LogP) is 5.63. The van der Waals surface area contributed by atoms with E-state index in [1.54, 1.807) is 42.5 Å². The van der Waals surface area contributed by atoms with Gasteiger partial charge in [0, 0.05) is 56.4 Å². The number of piperazine rings is 1. The van der Waals surface area contributed by atoms with E-state index in [0.717, 1.165) is 62.0 Å². The Morgan fingerprint density at radius 1 is 0.744 bits per heavy atom. The molecule has 0 saturated carbocycles. The fourth-order valence-electron chi connectivity index (χ4n) is 6.90. The highest BCUT2D eigenvalue weighted by molar-refractivity contribution is 5.94. The van der Waals surface area contributed by atoms with Crippen molar-refractivity contribution in [2.45, 2.75) is 25.2 Å². The maximum absolute atomic E-state index is 11.7. The van der Waals surface area contributed by atoms with E-state index in [1.165, 1.54) is 22.4 Å². The molecule has 1 fully saturated rings. The summed E-state index contributed by atoms with van der Waals surface area (Å²) in [5, 5.41) is 0. The number of Topliss-reactive ketones (excluding diaryl/α,β-unsaturated/α-hetero) is 1. The molecule has 2 aliphatic rings. The molecule has 3 unspecified atom stereocenters. The summed E-state index contributed by atoms with van der Waals surface area (Å²) in [4.78, 5) is 16.6. The van der Waals surface area contributed by atoms with Gasteiger partial charge in [0.2, 0.25) is 0 Å². The summed E-state index contributed by atoms with van der Waals surface area (Å²) in [6.45, 7) is 7.14. The topological polar surface area (TPSA) is 69.7 Å². The summed E-state index contributed by atoms with van der Waals surface area (Å²) >= 11 is 0. The van der Waals surface area contributed by atoms with Crippen molar-refractivity contribution in [1.82, 2.24) is 4.90 Å². The first-order chi connectivity index (χ1) is 20.9. The van der Waals surface area contributed by atoms with Crippen LogP contribution in [0.3, 0.4) is 0 Å². The minimum absolute atomic E-state index is 0.0982. The molecule has 5 rings (SSSR count). The molecular formula is C35H44N2O6. The zero-order valence-electron chi connectivity index (χ0n) is 26.2. The van der Waals surface area contributed by atoms with Gasteiger partial charge in [0.1, 0.15) is 0 Å². The van der Waals surface area contributed by atoms with Gasteiger partial charge in [-0.3, -0.25) is 9.69 Å². The van der Waals surface area contributed by atoms with Crippen LogP contribution in [0.5, 0.6) is 23.0 Å². The number of nitrogens with zero attached hydrogens (tertiary/aromatic N) is 2. The largest absolute Gasteiger partial charge is 0.493 e. The van der Waals surface area contributed by atoms with Gasteiger partial charge in [-0.25, -0.2) is 0 Å². The number of hydrogen-bond acceptors (Lipinski definition) is 8. The fraction of sp³-hybridized carbons (Fsp3) is 0.457. The predicted molar refractivity (Wildman–Crippen MR) is 169 cm³/mol. The van der Waals surface area contributed by atoms with E-state index >= 15 is 0 Å². The van der Waals surface area contributed by atoms with Crippen molar-refractivity contribution >= 4 is 11.5 Å². The van der Waals surface area contributed by atoms with Crippen molar-refractivity contribution in [3.8, 4) is 23.0 Å². The van der Waals surface area contributed by atoms with Gasteiger partial charge in [0.25, 0.3) is 0 Å². The Balaban J connectivity index is 1.38. The number of methoxy groups -OCH3 is 5. The molecule has 1 saturated heterocycles. The molecule has 230 valence electrons. The lowest BCUT2D eigenvalue weighted by Crippen LogP contribution is -2.47. The molecule has 8 heteroatoms. The van der Waals surface area contributed by atoms with Gasteiger partial charge < -0.3 is 28.6 Å². The van der Waals surface area contributed by atoms with Crippen LogP contribution in [-0.4, -0.2) is 85.6 Å². The first kappa shape index (κ1) is 30.7. The van der Waals surface area contributed by atoms with Crippen LogP contribution >= 0.6 is 0 Å². The molecule has 1 heterocycles. The molecule has 3 aromatic rings. The number of fused-ring (bicyclic) bond motifs is 1. The molecule has 0 spiro atoms. The summed E-state index contributed by atoms with van der Waals surface area (Å²) in [5.74, 6) is 3.63. The molecule has 0 aromatic heterocycles. The molecule has 0 bridgehead atoms. The van der Waals surface area contributed by atoms with Crippen molar-refractivity contribution in [1.29, 1.82) is 0 Å². The molecule has 3 atom stereocenters. The molecule has 1 aliphatic carbocycles. The minimum Gasteiger partial charge on any atom is -0.493 e. The molecule has 0 amide bonds. The van der Waals surface area contributed by atoms with Crippen LogP contribution in [0.15, 0.2) is 54.6 Å². The van der Waals surface area contributed by atoms with Gasteiger partial charge in [-0.15, -0.1) is 0 Å². The van der Waals surface area contributed by atoms with Crippen molar-refractivity contribution in [2.75, 3.05) is 79.8 Å². The van der Waals surface area contributed by atoms with E-state index in [9.17, 15) is 4.79 Å². The molecular weight excluding hydrogens is 544 g/mol. The Morgan fingerprint density at radius 2 is 1.35 bits per heavy atom. The number of ketones is 1. The lowest BCUT2D eigenvalue weighted by atomic mass is 9.81. The second-order valence-electron chi connectivity index (χ2n) is 11.4. The molecule has 0 radical (unpaired) electrons. The van der Waals surface area contributed by atoms with Crippen molar-refractivity contribution in [3.63, 3.8) is 0 Å². The third kappa shape index (κ3) is 6.31. The Morgan fingerprint density at radius 3 is 1.93 bits per heavy atom. The maximum atomic E-state index is 11.7. The van der Waals surface area contributed by atoms with Crippen LogP contribution in [0.1, 0.15) is 52.2 Å². The van der Waals surface area contributed by atoms with E-state index in [-0.39, 0.29) is 23.5 Å². The van der Waals surface area contributed by atoms with Gasteiger partial charge >= 0.3 is 0 Å². The van der Waals surface area contributed by atoms with Crippen LogP contribution in [0.25, 0.3) is 0 Å². The van der Waals surface area contributed by atoms with E-state index in [4.69, 9.17) is 23.7 Å². The van der Waals surface area contributed by atoms with E-state index < -0.39 is 0 Å². The van der Waals surface area contributed by atoms with E-state index in [1.807, 2.05) is 18.2 Å². The number of anilines is 1. The Kier molecular flexibility index (Phi) is 9.78. The normalized spacial score (nSPS) is 20.0.